The number of nitrogens with zero attached hydrogens (tertiary/aromatic N) is 2. The lowest BCUT2D eigenvalue weighted by Gasteiger charge is -2.29. The lowest BCUT2D eigenvalue weighted by molar-refractivity contribution is -0.145. The molecule has 0 saturated heterocycles. The molecule has 4 N–H and O–H groups in total. The van der Waals surface area contributed by atoms with Gasteiger partial charge < -0.3 is 20.7 Å². The number of nitrogen functional groups attached to an aromatic ring is 1. The summed E-state index contributed by atoms with van der Waals surface area (Å²) in [6.07, 6.45) is 0. The van der Waals surface area contributed by atoms with E-state index in [-0.39, 0.29) is 17.6 Å². The quantitative estimate of drug-likeness (QED) is 0.712. The third-order valence-electron chi connectivity index (χ3n) is 3.76. The Morgan fingerprint density at radius 2 is 1.91 bits per heavy atom. The first-order valence-corrected chi connectivity index (χ1v) is 6.99. The normalized spacial score (nSPS) is 13.6. The number of rotatable bonds is 5. The molecule has 8 nitrogen and oxygen atoms in total. The monoisotopic (exact) mass is 318 g/mol. The Morgan fingerprint density at radius 3 is 2.43 bits per heavy atom. The summed E-state index contributed by atoms with van der Waals surface area (Å²) >= 11 is 0. The van der Waals surface area contributed by atoms with Crippen molar-refractivity contribution in [2.45, 2.75) is 26.3 Å². The molecule has 0 fully saturated rings. The number of benzene rings is 1. The smallest absolute Gasteiger partial charge is 0.329 e. The van der Waals surface area contributed by atoms with Crippen LogP contribution in [0, 0.1) is 5.92 Å². The topological polar surface area (TPSA) is 131 Å². The molecule has 1 atom stereocenters. The van der Waals surface area contributed by atoms with Crippen LogP contribution in [0.15, 0.2) is 28.8 Å². The van der Waals surface area contributed by atoms with Crippen molar-refractivity contribution in [3.8, 4) is 11.4 Å². The molecule has 0 saturated carbocycles. The van der Waals surface area contributed by atoms with Crippen molar-refractivity contribution in [2.75, 3.05) is 5.73 Å². The second kappa shape index (κ2) is 6.07. The van der Waals surface area contributed by atoms with Gasteiger partial charge in [0.05, 0.1) is 0 Å². The summed E-state index contributed by atoms with van der Waals surface area (Å²) < 4.78 is 4.92. The molecule has 23 heavy (non-hydrogen) atoms. The molecule has 122 valence electrons. The molecular formula is C15H18N4O4. The van der Waals surface area contributed by atoms with Crippen molar-refractivity contribution in [2.24, 2.45) is 5.92 Å². The SMILES string of the molecule is CC(C)C(C)(NC(=O)c1nc(-c2ccc(N)cc2)no1)C(=O)O. The number of aliphatic carboxylic acids is 1. The minimum atomic E-state index is -1.44. The summed E-state index contributed by atoms with van der Waals surface area (Å²) in [6, 6.07) is 6.73. The largest absolute Gasteiger partial charge is 0.480 e. The molecule has 0 aliphatic carbocycles. The first kappa shape index (κ1) is 16.5. The highest BCUT2D eigenvalue weighted by Crippen LogP contribution is 2.19. The van der Waals surface area contributed by atoms with Crippen LogP contribution in [0.4, 0.5) is 5.69 Å². The van der Waals surface area contributed by atoms with Crippen LogP contribution < -0.4 is 11.1 Å². The number of carbonyl (C=O) groups excluding carboxylic acids is 1. The summed E-state index contributed by atoms with van der Waals surface area (Å²) in [4.78, 5) is 27.6. The van der Waals surface area contributed by atoms with Gasteiger partial charge in [-0.15, -0.1) is 0 Å². The Balaban J connectivity index is 2.21. The van der Waals surface area contributed by atoms with Gasteiger partial charge in [-0.1, -0.05) is 19.0 Å². The number of carbonyl (C=O) groups is 2. The third kappa shape index (κ3) is 3.31. The van der Waals surface area contributed by atoms with E-state index < -0.39 is 17.4 Å². The number of aromatic nitrogens is 2. The van der Waals surface area contributed by atoms with Gasteiger partial charge in [-0.3, -0.25) is 4.79 Å². The Morgan fingerprint density at radius 1 is 1.30 bits per heavy atom. The first-order valence-electron chi connectivity index (χ1n) is 6.99. The zero-order valence-corrected chi connectivity index (χ0v) is 13.0. The number of nitrogens with one attached hydrogen (secondary N) is 1. The summed E-state index contributed by atoms with van der Waals surface area (Å²) in [7, 11) is 0. The number of carboxylic acid groups (broad SMARTS) is 1. The Labute approximate surface area is 132 Å². The Bertz CT molecular complexity index is 723. The van der Waals surface area contributed by atoms with Crippen LogP contribution in [-0.2, 0) is 4.79 Å². The highest BCUT2D eigenvalue weighted by atomic mass is 16.5. The van der Waals surface area contributed by atoms with Crippen LogP contribution in [-0.4, -0.2) is 32.7 Å². The third-order valence-corrected chi connectivity index (χ3v) is 3.76. The molecule has 2 aromatic rings. The van der Waals surface area contributed by atoms with E-state index in [0.29, 0.717) is 11.3 Å². The number of nitrogens with two attached hydrogens (primary N) is 1. The van der Waals surface area contributed by atoms with Gasteiger partial charge in [-0.05, 0) is 37.1 Å². The van der Waals surface area contributed by atoms with Gasteiger partial charge in [-0.2, -0.15) is 4.98 Å². The molecule has 1 amide bonds. The summed E-state index contributed by atoms with van der Waals surface area (Å²) in [5.74, 6) is -2.29. The van der Waals surface area contributed by atoms with E-state index in [1.807, 2.05) is 0 Å². The average molecular weight is 318 g/mol. The molecule has 8 heteroatoms. The maximum absolute atomic E-state index is 12.2. The maximum Gasteiger partial charge on any atom is 0.329 e. The fraction of sp³-hybridized carbons (Fsp3) is 0.333. The van der Waals surface area contributed by atoms with Gasteiger partial charge in [0.2, 0.25) is 5.82 Å². The van der Waals surface area contributed by atoms with Crippen LogP contribution in [0.5, 0.6) is 0 Å². The van der Waals surface area contributed by atoms with Crippen LogP contribution in [0.25, 0.3) is 11.4 Å². The summed E-state index contributed by atoms with van der Waals surface area (Å²) in [5.41, 5.74) is 5.38. The summed E-state index contributed by atoms with van der Waals surface area (Å²) in [6.45, 7) is 4.82. The van der Waals surface area contributed by atoms with E-state index in [4.69, 9.17) is 10.3 Å². The number of anilines is 1. The number of hydrogen-bond donors (Lipinski definition) is 3. The zero-order valence-electron chi connectivity index (χ0n) is 13.0. The Kier molecular flexibility index (Phi) is 4.35. The van der Waals surface area contributed by atoms with Crippen molar-refractivity contribution < 1.29 is 19.2 Å². The first-order chi connectivity index (χ1) is 10.7. The molecule has 1 aromatic heterocycles. The van der Waals surface area contributed by atoms with Crippen LogP contribution in [0.3, 0.4) is 0 Å². The van der Waals surface area contributed by atoms with Gasteiger partial charge >= 0.3 is 17.8 Å². The number of amides is 1. The molecule has 0 aliphatic heterocycles. The van der Waals surface area contributed by atoms with E-state index in [0.717, 1.165) is 0 Å². The molecule has 1 unspecified atom stereocenters. The number of hydrogen-bond acceptors (Lipinski definition) is 6. The van der Waals surface area contributed by atoms with Crippen molar-refractivity contribution in [1.29, 1.82) is 0 Å². The molecule has 0 radical (unpaired) electrons. The van der Waals surface area contributed by atoms with Gasteiger partial charge in [0, 0.05) is 11.3 Å². The minimum absolute atomic E-state index is 0.219. The average Bonchev–Trinajstić information content (AvgIpc) is 2.97. The van der Waals surface area contributed by atoms with Gasteiger partial charge in [0.1, 0.15) is 5.54 Å². The second-order valence-corrected chi connectivity index (χ2v) is 5.66. The van der Waals surface area contributed by atoms with E-state index in [9.17, 15) is 14.7 Å². The molecule has 0 bridgehead atoms. The Hall–Kier alpha value is -2.90. The predicted molar refractivity (Wildman–Crippen MR) is 82.5 cm³/mol. The van der Waals surface area contributed by atoms with Crippen LogP contribution >= 0.6 is 0 Å². The standard InChI is InChI=1S/C15H18N4O4/c1-8(2)15(3,14(21)22)18-12(20)13-17-11(19-23-13)9-4-6-10(16)7-5-9/h4-8H,16H2,1-3H3,(H,18,20)(H,21,22). The molecule has 0 aliphatic rings. The van der Waals surface area contributed by atoms with Gasteiger partial charge in [0.15, 0.2) is 0 Å². The van der Waals surface area contributed by atoms with Gasteiger partial charge in [0.25, 0.3) is 0 Å². The van der Waals surface area contributed by atoms with Crippen molar-refractivity contribution >= 4 is 17.6 Å². The van der Waals surface area contributed by atoms with E-state index in [1.54, 1.807) is 38.1 Å². The fourth-order valence-electron chi connectivity index (χ4n) is 1.80. The molecular weight excluding hydrogens is 300 g/mol. The maximum atomic E-state index is 12.2. The lowest BCUT2D eigenvalue weighted by atomic mass is 9.88. The predicted octanol–water partition coefficient (Wildman–Crippen LogP) is 1.55. The van der Waals surface area contributed by atoms with Gasteiger partial charge in [-0.25, -0.2) is 4.79 Å². The fourth-order valence-corrected chi connectivity index (χ4v) is 1.80. The highest BCUT2D eigenvalue weighted by Gasteiger charge is 2.39. The lowest BCUT2D eigenvalue weighted by Crippen LogP contribution is -2.55. The van der Waals surface area contributed by atoms with Crippen molar-refractivity contribution in [3.63, 3.8) is 0 Å². The van der Waals surface area contributed by atoms with Crippen LogP contribution in [0.1, 0.15) is 31.5 Å². The molecule has 2 rings (SSSR count). The van der Waals surface area contributed by atoms with E-state index >= 15 is 0 Å². The zero-order chi connectivity index (χ0) is 17.2. The van der Waals surface area contributed by atoms with Crippen molar-refractivity contribution in [3.05, 3.63) is 30.2 Å². The summed E-state index contributed by atoms with van der Waals surface area (Å²) in [5, 5.41) is 15.5. The minimum Gasteiger partial charge on any atom is -0.480 e. The highest BCUT2D eigenvalue weighted by molar-refractivity contribution is 5.94. The number of carboxylic acids is 1. The molecule has 1 aromatic carbocycles. The second-order valence-electron chi connectivity index (χ2n) is 5.66. The van der Waals surface area contributed by atoms with E-state index in [1.165, 1.54) is 6.92 Å². The van der Waals surface area contributed by atoms with E-state index in [2.05, 4.69) is 15.5 Å². The van der Waals surface area contributed by atoms with Crippen LogP contribution in [0.2, 0.25) is 0 Å². The van der Waals surface area contributed by atoms with Crippen molar-refractivity contribution in [1.82, 2.24) is 15.5 Å². The molecule has 0 spiro atoms. The molecule has 1 heterocycles.